The zero-order chi connectivity index (χ0) is 26.9. The Bertz CT molecular complexity index is 1000. The van der Waals surface area contributed by atoms with E-state index in [1.807, 2.05) is 6.07 Å². The topological polar surface area (TPSA) is 83.8 Å². The highest BCUT2D eigenvalue weighted by molar-refractivity contribution is 5.79. The zero-order valence-electron chi connectivity index (χ0n) is 23.5. The summed E-state index contributed by atoms with van der Waals surface area (Å²) in [6.07, 6.45) is 13.1. The summed E-state index contributed by atoms with van der Waals surface area (Å²) in [7, 11) is 0. The highest BCUT2D eigenvalue weighted by atomic mass is 16.5. The van der Waals surface area contributed by atoms with Gasteiger partial charge in [0.2, 0.25) is 0 Å². The van der Waals surface area contributed by atoms with Crippen molar-refractivity contribution in [2.45, 2.75) is 110 Å². The van der Waals surface area contributed by atoms with Gasteiger partial charge >= 0.3 is 5.97 Å². The minimum Gasteiger partial charge on any atom is -0.494 e. The van der Waals surface area contributed by atoms with E-state index >= 15 is 0 Å². The highest BCUT2D eigenvalue weighted by Gasteiger charge is 2.62. The Balaban J connectivity index is 1.24. The van der Waals surface area contributed by atoms with Crippen molar-refractivity contribution >= 4 is 11.8 Å². The summed E-state index contributed by atoms with van der Waals surface area (Å²) in [6, 6.07) is 8.37. The number of unbranched alkanes of at least 4 members (excludes halogenated alkanes) is 1. The van der Waals surface area contributed by atoms with Crippen LogP contribution in [-0.2, 0) is 16.0 Å². The summed E-state index contributed by atoms with van der Waals surface area (Å²) >= 11 is 0. The molecule has 0 amide bonds. The van der Waals surface area contributed by atoms with Gasteiger partial charge in [0, 0.05) is 19.3 Å². The van der Waals surface area contributed by atoms with E-state index in [1.54, 1.807) is 0 Å². The van der Waals surface area contributed by atoms with E-state index in [9.17, 15) is 14.7 Å². The van der Waals surface area contributed by atoms with Crippen LogP contribution in [0.15, 0.2) is 24.3 Å². The molecular formula is C33H48O5. The molecule has 8 atom stereocenters. The molecule has 4 aliphatic carbocycles. The fourth-order valence-corrected chi connectivity index (χ4v) is 9.42. The maximum atomic E-state index is 12.5. The summed E-state index contributed by atoms with van der Waals surface area (Å²) in [4.78, 5) is 23.2. The van der Waals surface area contributed by atoms with Gasteiger partial charge in [-0.25, -0.2) is 0 Å². The van der Waals surface area contributed by atoms with E-state index in [0.717, 1.165) is 57.1 Å². The largest absolute Gasteiger partial charge is 0.494 e. The predicted octanol–water partition coefficient (Wildman–Crippen LogP) is 6.84. The lowest BCUT2D eigenvalue weighted by Gasteiger charge is -2.62. The second-order valence-electron chi connectivity index (χ2n) is 13.6. The first-order valence-corrected chi connectivity index (χ1v) is 15.3. The zero-order valence-corrected chi connectivity index (χ0v) is 23.5. The van der Waals surface area contributed by atoms with Gasteiger partial charge in [-0.05, 0) is 129 Å². The molecule has 5 heteroatoms. The maximum absolute atomic E-state index is 12.5. The van der Waals surface area contributed by atoms with Gasteiger partial charge in [0.15, 0.2) is 0 Å². The van der Waals surface area contributed by atoms with Crippen LogP contribution in [0, 0.1) is 40.4 Å². The summed E-state index contributed by atoms with van der Waals surface area (Å²) in [5.74, 6) is 3.77. The number of Topliss-reactive ketones (excluding diaryl/α,β-unsaturated/α-hetero) is 1. The number of fused-ring (bicyclic) bond motifs is 5. The molecular weight excluding hydrogens is 476 g/mol. The first-order valence-electron chi connectivity index (χ1n) is 15.3. The molecule has 4 aliphatic rings. The van der Waals surface area contributed by atoms with Crippen LogP contribution in [0.1, 0.15) is 103 Å². The Labute approximate surface area is 228 Å². The number of aryl methyl sites for hydroxylation is 1. The molecule has 3 unspecified atom stereocenters. The smallest absolute Gasteiger partial charge is 0.303 e. The lowest BCUT2D eigenvalue weighted by molar-refractivity contribution is -0.156. The van der Waals surface area contributed by atoms with E-state index < -0.39 is 5.97 Å². The van der Waals surface area contributed by atoms with Gasteiger partial charge in [-0.3, -0.25) is 9.59 Å². The van der Waals surface area contributed by atoms with Crippen molar-refractivity contribution in [3.63, 3.8) is 0 Å². The predicted molar refractivity (Wildman–Crippen MR) is 148 cm³/mol. The molecule has 0 spiro atoms. The number of carbonyl (C=O) groups is 2. The third-order valence-corrected chi connectivity index (χ3v) is 11.6. The third-order valence-electron chi connectivity index (χ3n) is 11.6. The van der Waals surface area contributed by atoms with E-state index in [-0.39, 0.29) is 17.9 Å². The summed E-state index contributed by atoms with van der Waals surface area (Å²) < 4.78 is 5.90. The Hall–Kier alpha value is -1.88. The van der Waals surface area contributed by atoms with Crippen molar-refractivity contribution in [2.24, 2.45) is 40.4 Å². The molecule has 210 valence electrons. The monoisotopic (exact) mass is 524 g/mol. The van der Waals surface area contributed by atoms with Crippen LogP contribution in [0.2, 0.25) is 0 Å². The molecule has 0 aliphatic heterocycles. The van der Waals surface area contributed by atoms with Crippen molar-refractivity contribution in [1.82, 2.24) is 0 Å². The van der Waals surface area contributed by atoms with Crippen LogP contribution in [0.3, 0.4) is 0 Å². The molecule has 4 fully saturated rings. The number of benzene rings is 1. The number of aliphatic carboxylic acids is 1. The molecule has 2 N–H and O–H groups in total. The Morgan fingerprint density at radius 2 is 1.87 bits per heavy atom. The highest BCUT2D eigenvalue weighted by Crippen LogP contribution is 2.67. The molecule has 0 heterocycles. The summed E-state index contributed by atoms with van der Waals surface area (Å²) in [5, 5.41) is 19.8. The SMILES string of the molecule is C[C@]12CCC(=O)CC1CC(CCCc1cccc(OCCCCC(=O)O)c1)[C@@H]1[C@H]2CC[C@]2(C)C(O)CC[C@@H]12. The molecule has 0 aromatic heterocycles. The average molecular weight is 525 g/mol. The standard InChI is InChI=1S/C33H48O5/c1-32-16-14-25(34)21-24(32)20-23(31-27-12-13-29(35)33(27,2)17-15-28(31)32)9-5-7-22-8-6-10-26(19-22)38-18-4-3-11-30(36)37/h6,8,10,19,23-24,27-29,31,35H,3-5,7,9,11-18,20-21H2,1-2H3,(H,36,37)/t23?,24?,27-,28+,29?,31-,32-,33-/m0/s1. The number of hydrogen-bond acceptors (Lipinski definition) is 4. The molecule has 38 heavy (non-hydrogen) atoms. The van der Waals surface area contributed by atoms with Gasteiger partial charge in [0.1, 0.15) is 11.5 Å². The quantitative estimate of drug-likeness (QED) is 0.327. The van der Waals surface area contributed by atoms with Crippen LogP contribution in [0.5, 0.6) is 5.75 Å². The molecule has 0 saturated heterocycles. The fourth-order valence-electron chi connectivity index (χ4n) is 9.42. The number of carboxylic acids is 1. The molecule has 0 bridgehead atoms. The number of aliphatic hydroxyl groups is 1. The van der Waals surface area contributed by atoms with Gasteiger partial charge in [0.25, 0.3) is 0 Å². The number of ketones is 1. The van der Waals surface area contributed by atoms with Crippen LogP contribution in [0.25, 0.3) is 0 Å². The maximum Gasteiger partial charge on any atom is 0.303 e. The number of ether oxygens (including phenoxy) is 1. The van der Waals surface area contributed by atoms with Crippen molar-refractivity contribution in [2.75, 3.05) is 6.61 Å². The molecule has 0 radical (unpaired) electrons. The normalized spacial score (nSPS) is 38.2. The van der Waals surface area contributed by atoms with Gasteiger partial charge < -0.3 is 14.9 Å². The number of carbonyl (C=O) groups excluding carboxylic acids is 1. The van der Waals surface area contributed by atoms with Crippen LogP contribution >= 0.6 is 0 Å². The van der Waals surface area contributed by atoms with E-state index in [0.29, 0.717) is 53.8 Å². The first kappa shape index (κ1) is 27.7. The van der Waals surface area contributed by atoms with Gasteiger partial charge in [-0.1, -0.05) is 26.0 Å². The fraction of sp³-hybridized carbons (Fsp3) is 0.758. The van der Waals surface area contributed by atoms with E-state index in [1.165, 1.54) is 31.2 Å². The van der Waals surface area contributed by atoms with E-state index in [4.69, 9.17) is 9.84 Å². The van der Waals surface area contributed by atoms with Crippen LogP contribution in [0.4, 0.5) is 0 Å². The third kappa shape index (κ3) is 5.42. The van der Waals surface area contributed by atoms with Crippen molar-refractivity contribution in [1.29, 1.82) is 0 Å². The van der Waals surface area contributed by atoms with Crippen LogP contribution < -0.4 is 4.74 Å². The molecule has 5 rings (SSSR count). The molecule has 1 aromatic rings. The first-order chi connectivity index (χ1) is 18.2. The lowest BCUT2D eigenvalue weighted by Crippen LogP contribution is -2.57. The van der Waals surface area contributed by atoms with Crippen molar-refractivity contribution in [3.8, 4) is 5.75 Å². The summed E-state index contributed by atoms with van der Waals surface area (Å²) in [5.41, 5.74) is 1.66. The minimum atomic E-state index is -0.752. The lowest BCUT2D eigenvalue weighted by atomic mass is 9.42. The van der Waals surface area contributed by atoms with Gasteiger partial charge in [-0.15, -0.1) is 0 Å². The number of hydrogen-bond donors (Lipinski definition) is 2. The van der Waals surface area contributed by atoms with Gasteiger partial charge in [-0.2, -0.15) is 0 Å². The Morgan fingerprint density at radius 1 is 1.05 bits per heavy atom. The van der Waals surface area contributed by atoms with Crippen molar-refractivity contribution in [3.05, 3.63) is 29.8 Å². The van der Waals surface area contributed by atoms with Gasteiger partial charge in [0.05, 0.1) is 12.7 Å². The second-order valence-corrected chi connectivity index (χ2v) is 13.6. The molecule has 5 nitrogen and oxygen atoms in total. The van der Waals surface area contributed by atoms with Crippen LogP contribution in [-0.4, -0.2) is 34.7 Å². The number of carboxylic acid groups (broad SMARTS) is 1. The Morgan fingerprint density at radius 3 is 2.68 bits per heavy atom. The summed E-state index contributed by atoms with van der Waals surface area (Å²) in [6.45, 7) is 5.43. The van der Waals surface area contributed by atoms with Crippen molar-refractivity contribution < 1.29 is 24.5 Å². The Kier molecular flexibility index (Phi) is 8.24. The molecule has 4 saturated carbocycles. The van der Waals surface area contributed by atoms with E-state index in [2.05, 4.69) is 32.0 Å². The average Bonchev–Trinajstić information content (AvgIpc) is 3.19. The number of rotatable bonds is 10. The number of aliphatic hydroxyl groups excluding tert-OH is 1. The minimum absolute atomic E-state index is 0.0727. The molecule has 1 aromatic carbocycles. The second kappa shape index (κ2) is 11.3.